The molecule has 0 aliphatic heterocycles. The van der Waals surface area contributed by atoms with E-state index in [4.69, 9.17) is 15.6 Å². The molecule has 4 atom stereocenters. The van der Waals surface area contributed by atoms with Crippen LogP contribution in [0.5, 0.6) is 0 Å². The highest BCUT2D eigenvalue weighted by Gasteiger charge is 2.16. The lowest BCUT2D eigenvalue weighted by molar-refractivity contribution is -0.161. The van der Waals surface area contributed by atoms with Crippen molar-refractivity contribution in [2.45, 2.75) is 115 Å². The minimum atomic E-state index is -1.27. The molecule has 0 spiro atoms. The van der Waals surface area contributed by atoms with Gasteiger partial charge >= 0.3 is 0 Å². The molecule has 0 bridgehead atoms. The van der Waals surface area contributed by atoms with E-state index in [1.54, 1.807) is 6.08 Å². The standard InChI is InChI=1S/C21H43NO4/c1-3-4-5-6-7-8-9-10-11-12-13-14-15-16-20(24)19(22)17-26-21(25)18(2)23/h15-16,18-21,23-25H,3-14,17,22H2,1-2H3/b16-15+/t18-,19+,20+,21+/m1/s1. The number of ether oxygens (including phenoxy) is 1. The fraction of sp³-hybridized carbons (Fsp3) is 0.905. The molecule has 0 heterocycles. The zero-order valence-corrected chi connectivity index (χ0v) is 17.0. The van der Waals surface area contributed by atoms with Crippen molar-refractivity contribution in [3.63, 3.8) is 0 Å². The largest absolute Gasteiger partial charge is 0.388 e. The van der Waals surface area contributed by atoms with Gasteiger partial charge in [0, 0.05) is 0 Å². The van der Waals surface area contributed by atoms with Crippen LogP contribution in [-0.2, 0) is 4.74 Å². The van der Waals surface area contributed by atoms with E-state index in [0.717, 1.165) is 12.8 Å². The number of aliphatic hydroxyl groups is 3. The number of unbranched alkanes of at least 4 members (excludes halogenated alkanes) is 11. The van der Waals surface area contributed by atoms with Gasteiger partial charge in [0.1, 0.15) is 6.10 Å². The van der Waals surface area contributed by atoms with Crippen molar-refractivity contribution >= 4 is 0 Å². The lowest BCUT2D eigenvalue weighted by atomic mass is 10.0. The van der Waals surface area contributed by atoms with Crippen molar-refractivity contribution in [1.82, 2.24) is 0 Å². The molecule has 5 N–H and O–H groups in total. The highest BCUT2D eigenvalue weighted by Crippen LogP contribution is 2.12. The fourth-order valence-corrected chi connectivity index (χ4v) is 2.75. The van der Waals surface area contributed by atoms with Gasteiger partial charge in [-0.15, -0.1) is 0 Å². The zero-order chi connectivity index (χ0) is 19.6. The minimum Gasteiger partial charge on any atom is -0.388 e. The molecule has 5 heteroatoms. The first kappa shape index (κ1) is 25.5. The molecule has 0 radical (unpaired) electrons. The Hall–Kier alpha value is -0.460. The van der Waals surface area contributed by atoms with Crippen LogP contribution in [0, 0.1) is 0 Å². The van der Waals surface area contributed by atoms with Crippen molar-refractivity contribution < 1.29 is 20.1 Å². The summed E-state index contributed by atoms with van der Waals surface area (Å²) in [6.45, 7) is 3.68. The first-order valence-electron chi connectivity index (χ1n) is 10.6. The normalized spacial score (nSPS) is 16.7. The third-order valence-electron chi connectivity index (χ3n) is 4.62. The summed E-state index contributed by atoms with van der Waals surface area (Å²) < 4.78 is 4.99. The third-order valence-corrected chi connectivity index (χ3v) is 4.62. The van der Waals surface area contributed by atoms with Gasteiger partial charge in [-0.2, -0.15) is 0 Å². The Bertz CT molecular complexity index is 323. The number of hydrogen-bond donors (Lipinski definition) is 4. The van der Waals surface area contributed by atoms with Crippen LogP contribution in [0.15, 0.2) is 12.2 Å². The molecule has 0 amide bonds. The van der Waals surface area contributed by atoms with Crippen molar-refractivity contribution in [1.29, 1.82) is 0 Å². The van der Waals surface area contributed by atoms with Gasteiger partial charge in [-0.05, 0) is 19.8 Å². The first-order chi connectivity index (χ1) is 12.5. The van der Waals surface area contributed by atoms with Crippen molar-refractivity contribution in [2.75, 3.05) is 6.61 Å². The predicted molar refractivity (Wildman–Crippen MR) is 108 cm³/mol. The van der Waals surface area contributed by atoms with Crippen molar-refractivity contribution in [2.24, 2.45) is 5.73 Å². The second-order valence-electron chi connectivity index (χ2n) is 7.37. The smallest absolute Gasteiger partial charge is 0.180 e. The summed E-state index contributed by atoms with van der Waals surface area (Å²) >= 11 is 0. The number of aliphatic hydroxyl groups excluding tert-OH is 3. The molecule has 0 aliphatic carbocycles. The van der Waals surface area contributed by atoms with Crippen LogP contribution in [0.25, 0.3) is 0 Å². The van der Waals surface area contributed by atoms with Crippen LogP contribution in [0.3, 0.4) is 0 Å². The summed E-state index contributed by atoms with van der Waals surface area (Å²) in [5.74, 6) is 0. The molecule has 156 valence electrons. The first-order valence-corrected chi connectivity index (χ1v) is 10.6. The maximum atomic E-state index is 9.91. The molecule has 0 fully saturated rings. The summed E-state index contributed by atoms with van der Waals surface area (Å²) in [5.41, 5.74) is 5.79. The van der Waals surface area contributed by atoms with Crippen molar-refractivity contribution in [3.05, 3.63) is 12.2 Å². The molecule has 0 aromatic heterocycles. The highest BCUT2D eigenvalue weighted by molar-refractivity contribution is 4.93. The second kappa shape index (κ2) is 17.9. The van der Waals surface area contributed by atoms with E-state index < -0.39 is 24.5 Å². The van der Waals surface area contributed by atoms with Gasteiger partial charge in [0.15, 0.2) is 6.29 Å². The summed E-state index contributed by atoms with van der Waals surface area (Å²) in [5, 5.41) is 28.4. The Morgan fingerprint density at radius 2 is 1.35 bits per heavy atom. The number of rotatable bonds is 18. The second-order valence-corrected chi connectivity index (χ2v) is 7.37. The van der Waals surface area contributed by atoms with Crippen LogP contribution in [0.1, 0.15) is 90.9 Å². The molecule has 0 saturated carbocycles. The van der Waals surface area contributed by atoms with Crippen LogP contribution < -0.4 is 5.73 Å². The molecule has 0 aromatic carbocycles. The van der Waals surface area contributed by atoms with Crippen LogP contribution in [0.2, 0.25) is 0 Å². The molecule has 0 rings (SSSR count). The minimum absolute atomic E-state index is 0.00395. The number of allylic oxidation sites excluding steroid dienone is 1. The SMILES string of the molecule is CCCCCCCCCCCCC/C=C/[C@H](O)[C@@H](N)CO[C@H](O)[C@@H](C)O. The lowest BCUT2D eigenvalue weighted by Gasteiger charge is -2.20. The Labute approximate surface area is 160 Å². The Balaban J connectivity index is 3.48. The molecule has 0 aromatic rings. The van der Waals surface area contributed by atoms with E-state index in [1.807, 2.05) is 6.08 Å². The Morgan fingerprint density at radius 3 is 1.85 bits per heavy atom. The monoisotopic (exact) mass is 373 g/mol. The summed E-state index contributed by atoms with van der Waals surface area (Å²) in [6, 6.07) is -0.614. The molecule has 0 aliphatic rings. The van der Waals surface area contributed by atoms with Crippen LogP contribution in [0.4, 0.5) is 0 Å². The average Bonchev–Trinajstić information content (AvgIpc) is 2.62. The predicted octanol–water partition coefficient (Wildman–Crippen LogP) is 3.65. The van der Waals surface area contributed by atoms with E-state index in [-0.39, 0.29) is 6.61 Å². The molecular weight excluding hydrogens is 330 g/mol. The number of nitrogens with two attached hydrogens (primary N) is 1. The lowest BCUT2D eigenvalue weighted by Crippen LogP contribution is -2.40. The molecular formula is C21H43NO4. The average molecular weight is 374 g/mol. The van der Waals surface area contributed by atoms with E-state index in [2.05, 4.69) is 6.92 Å². The Kier molecular flexibility index (Phi) is 17.6. The maximum absolute atomic E-state index is 9.91. The van der Waals surface area contributed by atoms with Crippen LogP contribution in [-0.4, -0.2) is 46.5 Å². The molecule has 0 saturated heterocycles. The zero-order valence-electron chi connectivity index (χ0n) is 17.0. The van der Waals surface area contributed by atoms with E-state index in [9.17, 15) is 10.2 Å². The topological polar surface area (TPSA) is 95.9 Å². The molecule has 26 heavy (non-hydrogen) atoms. The van der Waals surface area contributed by atoms with Gasteiger partial charge in [0.05, 0.1) is 18.8 Å². The summed E-state index contributed by atoms with van der Waals surface area (Å²) in [6.07, 6.45) is 16.1. The Morgan fingerprint density at radius 1 is 0.846 bits per heavy atom. The van der Waals surface area contributed by atoms with E-state index in [0.29, 0.717) is 0 Å². The van der Waals surface area contributed by atoms with Gasteiger partial charge in [0.2, 0.25) is 0 Å². The van der Waals surface area contributed by atoms with Gasteiger partial charge in [-0.3, -0.25) is 0 Å². The highest BCUT2D eigenvalue weighted by atomic mass is 16.6. The van der Waals surface area contributed by atoms with Gasteiger partial charge in [-0.25, -0.2) is 0 Å². The van der Waals surface area contributed by atoms with Crippen molar-refractivity contribution in [3.8, 4) is 0 Å². The quantitative estimate of drug-likeness (QED) is 0.167. The summed E-state index contributed by atoms with van der Waals surface area (Å²) in [4.78, 5) is 0. The fourth-order valence-electron chi connectivity index (χ4n) is 2.75. The number of hydrogen-bond acceptors (Lipinski definition) is 5. The van der Waals surface area contributed by atoms with Gasteiger partial charge < -0.3 is 25.8 Å². The van der Waals surface area contributed by atoms with E-state index >= 15 is 0 Å². The molecule has 0 unspecified atom stereocenters. The summed E-state index contributed by atoms with van der Waals surface area (Å²) in [7, 11) is 0. The molecule has 5 nitrogen and oxygen atoms in total. The van der Waals surface area contributed by atoms with Gasteiger partial charge in [0.25, 0.3) is 0 Å². The van der Waals surface area contributed by atoms with Gasteiger partial charge in [-0.1, -0.05) is 83.3 Å². The maximum Gasteiger partial charge on any atom is 0.180 e. The van der Waals surface area contributed by atoms with Crippen LogP contribution >= 0.6 is 0 Å². The third kappa shape index (κ3) is 15.8. The van der Waals surface area contributed by atoms with E-state index in [1.165, 1.54) is 71.1 Å².